The molecule has 1 saturated heterocycles. The molecule has 2 heterocycles. The molecule has 0 aliphatic carbocycles. The molecule has 0 aromatic carbocycles. The summed E-state index contributed by atoms with van der Waals surface area (Å²) in [5, 5.41) is 0.150. The minimum atomic E-state index is -3.35. The highest BCUT2D eigenvalue weighted by Crippen LogP contribution is 2.17. The Morgan fingerprint density at radius 1 is 1.27 bits per heavy atom. The second-order valence-electron chi connectivity index (χ2n) is 3.18. The molecule has 4 nitrogen and oxygen atoms in total. The van der Waals surface area contributed by atoms with Crippen LogP contribution in [0.1, 0.15) is 0 Å². The van der Waals surface area contributed by atoms with Gasteiger partial charge in [0.15, 0.2) is 5.03 Å². The molecule has 6 heteroatoms. The van der Waals surface area contributed by atoms with Crippen LogP contribution in [0.15, 0.2) is 29.4 Å². The summed E-state index contributed by atoms with van der Waals surface area (Å²) in [6.45, 7) is 1.17. The molecule has 1 fully saturated rings. The average Bonchev–Trinajstić information content (AvgIpc) is 2.31. The first-order chi connectivity index (χ1) is 7.21. The van der Waals surface area contributed by atoms with Crippen LogP contribution in [0.3, 0.4) is 0 Å². The van der Waals surface area contributed by atoms with Gasteiger partial charge in [-0.1, -0.05) is 6.07 Å². The van der Waals surface area contributed by atoms with Crippen LogP contribution < -0.4 is 0 Å². The van der Waals surface area contributed by atoms with Gasteiger partial charge in [-0.3, -0.25) is 0 Å². The van der Waals surface area contributed by atoms with Crippen LogP contribution in [-0.4, -0.2) is 42.3 Å². The highest BCUT2D eigenvalue weighted by molar-refractivity contribution is 7.99. The van der Waals surface area contributed by atoms with E-state index in [1.807, 2.05) is 0 Å². The van der Waals surface area contributed by atoms with Crippen molar-refractivity contribution in [3.63, 3.8) is 0 Å². The smallest absolute Gasteiger partial charge is 0.243 e. The molecule has 1 aliphatic rings. The van der Waals surface area contributed by atoms with Crippen molar-refractivity contribution >= 4 is 21.8 Å². The van der Waals surface area contributed by atoms with Gasteiger partial charge in [-0.15, -0.1) is 0 Å². The maximum absolute atomic E-state index is 12.0. The lowest BCUT2D eigenvalue weighted by Crippen LogP contribution is -2.38. The number of rotatable bonds is 2. The van der Waals surface area contributed by atoms with Gasteiger partial charge in [0, 0.05) is 30.8 Å². The summed E-state index contributed by atoms with van der Waals surface area (Å²) in [5.74, 6) is 1.73. The van der Waals surface area contributed by atoms with E-state index in [2.05, 4.69) is 4.98 Å². The SMILES string of the molecule is O=S(=O)(c1ccccn1)N1CCSCC1. The molecule has 15 heavy (non-hydrogen) atoms. The lowest BCUT2D eigenvalue weighted by Gasteiger charge is -2.24. The molecule has 0 saturated carbocycles. The molecule has 0 unspecified atom stereocenters. The fraction of sp³-hybridized carbons (Fsp3) is 0.444. The second kappa shape index (κ2) is 4.51. The normalized spacial score (nSPS) is 18.9. The van der Waals surface area contributed by atoms with Crippen LogP contribution in [0.4, 0.5) is 0 Å². The van der Waals surface area contributed by atoms with Crippen LogP contribution in [0, 0.1) is 0 Å². The van der Waals surface area contributed by atoms with Gasteiger partial charge in [0.2, 0.25) is 0 Å². The summed E-state index contributed by atoms with van der Waals surface area (Å²) in [4.78, 5) is 3.89. The van der Waals surface area contributed by atoms with E-state index in [9.17, 15) is 8.42 Å². The van der Waals surface area contributed by atoms with Gasteiger partial charge in [-0.25, -0.2) is 13.4 Å². The van der Waals surface area contributed by atoms with Crippen LogP contribution in [-0.2, 0) is 10.0 Å². The Balaban J connectivity index is 2.26. The maximum Gasteiger partial charge on any atom is 0.260 e. The standard InChI is InChI=1S/C9H12N2O2S2/c12-15(13,9-3-1-2-4-10-9)11-5-7-14-8-6-11/h1-4H,5-8H2. The van der Waals surface area contributed by atoms with Crippen LogP contribution in [0.25, 0.3) is 0 Å². The molecule has 1 aromatic rings. The molecule has 0 radical (unpaired) electrons. The Morgan fingerprint density at radius 2 is 2.00 bits per heavy atom. The van der Waals surface area contributed by atoms with Gasteiger partial charge in [0.25, 0.3) is 10.0 Å². The Kier molecular flexibility index (Phi) is 3.28. The van der Waals surface area contributed by atoms with Crippen molar-refractivity contribution in [3.8, 4) is 0 Å². The van der Waals surface area contributed by atoms with Crippen molar-refractivity contribution in [1.29, 1.82) is 0 Å². The molecule has 0 atom stereocenters. The molecule has 0 spiro atoms. The summed E-state index contributed by atoms with van der Waals surface area (Å²) in [5.41, 5.74) is 0. The van der Waals surface area contributed by atoms with Crippen molar-refractivity contribution < 1.29 is 8.42 Å². The summed E-state index contributed by atoms with van der Waals surface area (Å²) in [6.07, 6.45) is 1.51. The first-order valence-electron chi connectivity index (χ1n) is 4.70. The fourth-order valence-corrected chi connectivity index (χ4v) is 3.93. The molecule has 0 N–H and O–H groups in total. The van der Waals surface area contributed by atoms with Crippen molar-refractivity contribution in [2.24, 2.45) is 0 Å². The van der Waals surface area contributed by atoms with Gasteiger partial charge in [0.1, 0.15) is 0 Å². The summed E-state index contributed by atoms with van der Waals surface area (Å²) < 4.78 is 25.6. The molecule has 2 rings (SSSR count). The third-order valence-corrected chi connectivity index (χ3v) is 4.97. The number of sulfonamides is 1. The molecule has 82 valence electrons. The van der Waals surface area contributed by atoms with E-state index < -0.39 is 10.0 Å². The summed E-state index contributed by atoms with van der Waals surface area (Å²) >= 11 is 1.78. The molecule has 0 amide bonds. The Labute approximate surface area is 93.7 Å². The van der Waals surface area contributed by atoms with Gasteiger partial charge < -0.3 is 0 Å². The zero-order valence-corrected chi connectivity index (χ0v) is 9.80. The Bertz CT molecular complexity index is 413. The quantitative estimate of drug-likeness (QED) is 0.773. The number of hydrogen-bond acceptors (Lipinski definition) is 4. The second-order valence-corrected chi connectivity index (χ2v) is 6.29. The number of hydrogen-bond donors (Lipinski definition) is 0. The van der Waals surface area contributed by atoms with Crippen molar-refractivity contribution in [3.05, 3.63) is 24.4 Å². The van der Waals surface area contributed by atoms with E-state index in [1.54, 1.807) is 23.9 Å². The first-order valence-corrected chi connectivity index (χ1v) is 7.30. The van der Waals surface area contributed by atoms with E-state index in [4.69, 9.17) is 0 Å². The maximum atomic E-state index is 12.0. The van der Waals surface area contributed by atoms with Crippen molar-refractivity contribution in [2.75, 3.05) is 24.6 Å². The lowest BCUT2D eigenvalue weighted by atomic mass is 10.5. The minimum absolute atomic E-state index is 0.150. The number of nitrogens with zero attached hydrogens (tertiary/aromatic N) is 2. The zero-order chi connectivity index (χ0) is 10.7. The largest absolute Gasteiger partial charge is 0.260 e. The zero-order valence-electron chi connectivity index (χ0n) is 8.17. The number of pyridine rings is 1. The fourth-order valence-electron chi connectivity index (χ4n) is 1.42. The van der Waals surface area contributed by atoms with E-state index in [0.29, 0.717) is 13.1 Å². The Hall–Kier alpha value is -0.590. The van der Waals surface area contributed by atoms with E-state index in [1.165, 1.54) is 16.6 Å². The topological polar surface area (TPSA) is 50.3 Å². The predicted molar refractivity (Wildman–Crippen MR) is 60.3 cm³/mol. The van der Waals surface area contributed by atoms with E-state index >= 15 is 0 Å². The molecule has 1 aromatic heterocycles. The van der Waals surface area contributed by atoms with E-state index in [0.717, 1.165) is 11.5 Å². The highest BCUT2D eigenvalue weighted by Gasteiger charge is 2.26. The van der Waals surface area contributed by atoms with Crippen LogP contribution in [0.5, 0.6) is 0 Å². The predicted octanol–water partition coefficient (Wildman–Crippen LogP) is 0.819. The third-order valence-electron chi connectivity index (χ3n) is 2.21. The molecular weight excluding hydrogens is 232 g/mol. The third kappa shape index (κ3) is 2.32. The van der Waals surface area contributed by atoms with Crippen LogP contribution in [0.2, 0.25) is 0 Å². The van der Waals surface area contributed by atoms with Gasteiger partial charge in [-0.05, 0) is 12.1 Å². The van der Waals surface area contributed by atoms with Gasteiger partial charge >= 0.3 is 0 Å². The Morgan fingerprint density at radius 3 is 2.60 bits per heavy atom. The number of thioether (sulfide) groups is 1. The van der Waals surface area contributed by atoms with Crippen LogP contribution >= 0.6 is 11.8 Å². The van der Waals surface area contributed by atoms with Gasteiger partial charge in [0.05, 0.1) is 0 Å². The average molecular weight is 244 g/mol. The monoisotopic (exact) mass is 244 g/mol. The molecular formula is C9H12N2O2S2. The van der Waals surface area contributed by atoms with Crippen molar-refractivity contribution in [2.45, 2.75) is 5.03 Å². The van der Waals surface area contributed by atoms with Crippen molar-refractivity contribution in [1.82, 2.24) is 9.29 Å². The summed E-state index contributed by atoms with van der Waals surface area (Å²) in [7, 11) is -3.35. The number of aromatic nitrogens is 1. The first kappa shape index (κ1) is 10.9. The minimum Gasteiger partial charge on any atom is -0.243 e. The highest BCUT2D eigenvalue weighted by atomic mass is 32.2. The molecule has 1 aliphatic heterocycles. The van der Waals surface area contributed by atoms with Gasteiger partial charge in [-0.2, -0.15) is 16.1 Å². The summed E-state index contributed by atoms with van der Waals surface area (Å²) in [6, 6.07) is 4.95. The lowest BCUT2D eigenvalue weighted by molar-refractivity contribution is 0.441. The van der Waals surface area contributed by atoms with E-state index in [-0.39, 0.29) is 5.03 Å². The molecule has 0 bridgehead atoms.